The van der Waals surface area contributed by atoms with E-state index in [0.717, 1.165) is 36.4 Å². The van der Waals surface area contributed by atoms with Gasteiger partial charge >= 0.3 is 250 Å². The van der Waals surface area contributed by atoms with Gasteiger partial charge in [0.2, 0.25) is 0 Å². The number of hydrogen-bond donors (Lipinski definition) is 12. The van der Waals surface area contributed by atoms with Crippen molar-refractivity contribution < 1.29 is 70.1 Å². The molecule has 0 saturated carbocycles. The molecule has 2 saturated heterocycles. The number of benzene rings is 2. The van der Waals surface area contributed by atoms with Crippen LogP contribution in [0.15, 0.2) is 36.4 Å². The van der Waals surface area contributed by atoms with Crippen LogP contribution >= 0.6 is 0 Å². The third-order valence-electron chi connectivity index (χ3n) is 6.96. The average Bonchev–Trinajstić information content (AvgIpc) is 2.94. The maximum atomic E-state index is 12.8. The molecule has 0 aromatic heterocycles. The van der Waals surface area contributed by atoms with Gasteiger partial charge in [0.25, 0.3) is 0 Å². The van der Waals surface area contributed by atoms with E-state index in [0.29, 0.717) is 0 Å². The first-order valence-electron chi connectivity index (χ1n) is 12.9. The molecule has 43 heavy (non-hydrogen) atoms. The summed E-state index contributed by atoms with van der Waals surface area (Å²) in [4.78, 5) is 25.7. The quantitative estimate of drug-likeness (QED) is 0.119. The van der Waals surface area contributed by atoms with Gasteiger partial charge in [0.1, 0.15) is 0 Å². The van der Waals surface area contributed by atoms with Gasteiger partial charge in [0.15, 0.2) is 0 Å². The number of rotatable bonds is 8. The van der Waals surface area contributed by atoms with E-state index in [-0.39, 0.29) is 11.1 Å². The van der Waals surface area contributed by atoms with Crippen molar-refractivity contribution in [2.24, 2.45) is 0 Å². The van der Waals surface area contributed by atoms with Gasteiger partial charge in [-0.05, 0) is 0 Å². The van der Waals surface area contributed by atoms with Gasteiger partial charge in [-0.1, -0.05) is 0 Å². The van der Waals surface area contributed by atoms with E-state index in [2.05, 4.69) is 10.6 Å². The molecule has 2 aromatic rings. The summed E-state index contributed by atoms with van der Waals surface area (Å²) >= 11 is -1.13. The molecule has 236 valence electrons. The number of hydrogen-bond acceptors (Lipinski definition) is 14. The molecule has 0 unspecified atom stereocenters. The zero-order valence-corrected chi connectivity index (χ0v) is 23.9. The third-order valence-corrected chi connectivity index (χ3v) is 9.72. The van der Waals surface area contributed by atoms with E-state index in [1.807, 2.05) is 0 Å². The maximum absolute atomic E-state index is 12.8. The number of ether oxygens (including phenoxy) is 2. The summed E-state index contributed by atoms with van der Waals surface area (Å²) in [7, 11) is 0. The van der Waals surface area contributed by atoms with Crippen molar-refractivity contribution in [1.29, 1.82) is 0 Å². The number of phenolic OH excluding ortho intramolecular Hbond substituents is 4. The van der Waals surface area contributed by atoms with Crippen molar-refractivity contribution in [2.75, 3.05) is 13.2 Å². The zero-order chi connectivity index (χ0) is 31.6. The number of nitrogens with one attached hydrogen (secondary N) is 2. The molecule has 17 heteroatoms. The topological polar surface area (TPSA) is 279 Å². The molecule has 2 aliphatic heterocycles. The van der Waals surface area contributed by atoms with Crippen molar-refractivity contribution in [3.8, 4) is 23.0 Å². The first-order chi connectivity index (χ1) is 20.3. The molecule has 16 nitrogen and oxygen atoms in total. The van der Waals surface area contributed by atoms with E-state index >= 15 is 0 Å². The molecule has 2 fully saturated rings. The van der Waals surface area contributed by atoms with E-state index in [4.69, 9.17) is 9.47 Å². The Bertz CT molecular complexity index is 1180. The van der Waals surface area contributed by atoms with Crippen LogP contribution in [0.4, 0.5) is 0 Å². The number of amides is 2. The fourth-order valence-corrected chi connectivity index (χ4v) is 7.60. The van der Waals surface area contributed by atoms with Crippen LogP contribution in [0, 0.1) is 0 Å². The van der Waals surface area contributed by atoms with Crippen molar-refractivity contribution >= 4 is 26.8 Å². The van der Waals surface area contributed by atoms with Gasteiger partial charge in [0.05, 0.1) is 0 Å². The third kappa shape index (κ3) is 7.30. The molecule has 0 aliphatic carbocycles. The Labute approximate surface area is 249 Å². The summed E-state index contributed by atoms with van der Waals surface area (Å²) in [5.41, 5.74) is -0.397. The molecule has 10 atom stereocenters. The van der Waals surface area contributed by atoms with Crippen LogP contribution in [0.25, 0.3) is 0 Å². The van der Waals surface area contributed by atoms with Crippen LogP contribution in [0.1, 0.15) is 20.7 Å². The molecule has 2 heterocycles. The van der Waals surface area contributed by atoms with E-state index in [9.17, 15) is 60.7 Å². The minimum absolute atomic E-state index is 0.199. The number of aromatic hydroxyl groups is 4. The summed E-state index contributed by atoms with van der Waals surface area (Å²) in [6.45, 7) is -1.47. The van der Waals surface area contributed by atoms with Gasteiger partial charge in [-0.2, -0.15) is 0 Å². The standard InChI is InChI=1S/C26H32N2O14Se/c29-7-15-19(35)17(27-23(39)9-1-11(31)5-12(32)2-9)21(37)25(41-15)43-26-22(38)18(20(36)16(8-30)42-26)28-24(40)10-3-13(33)6-14(34)4-10/h1-6,15-22,25-26,29-38H,7-8H2,(H,27,39)(H,28,40)/t15-,16-,17+,18+,19+,20+,21-,22-,25+,26+/m1/s1. The van der Waals surface area contributed by atoms with Gasteiger partial charge in [-0.3, -0.25) is 0 Å². The summed E-state index contributed by atoms with van der Waals surface area (Å²) in [5.74, 6) is -3.45. The minimum atomic E-state index is -1.65. The average molecular weight is 676 g/mol. The van der Waals surface area contributed by atoms with Gasteiger partial charge in [-0.15, -0.1) is 0 Å². The van der Waals surface area contributed by atoms with Gasteiger partial charge in [0, 0.05) is 0 Å². The van der Waals surface area contributed by atoms with Gasteiger partial charge in [-0.25, -0.2) is 0 Å². The van der Waals surface area contributed by atoms with Crippen molar-refractivity contribution in [3.05, 3.63) is 47.5 Å². The van der Waals surface area contributed by atoms with Crippen LogP contribution in [-0.2, 0) is 9.47 Å². The molecule has 4 rings (SSSR count). The fraction of sp³-hybridized carbons (Fsp3) is 0.462. The second-order valence-electron chi connectivity index (χ2n) is 10.0. The van der Waals surface area contributed by atoms with Crippen LogP contribution in [0.2, 0.25) is 0 Å². The number of carbonyl (C=O) groups excluding carboxylic acids is 2. The van der Waals surface area contributed by atoms with E-state index in [1.54, 1.807) is 0 Å². The molecule has 0 radical (unpaired) electrons. The second-order valence-corrected chi connectivity index (χ2v) is 12.5. The summed E-state index contributed by atoms with van der Waals surface area (Å²) < 4.78 is 11.3. The van der Waals surface area contributed by atoms with Gasteiger partial charge < -0.3 is 0 Å². The summed E-state index contributed by atoms with van der Waals surface area (Å²) in [5, 5.41) is 104. The number of aliphatic hydroxyl groups is 6. The first-order valence-corrected chi connectivity index (χ1v) is 14.9. The second kappa shape index (κ2) is 13.6. The Hall–Kier alpha value is -3.22. The van der Waals surface area contributed by atoms with Crippen molar-refractivity contribution in [1.82, 2.24) is 10.6 Å². The Balaban J connectivity index is 1.53. The molecular weight excluding hydrogens is 643 g/mol. The molecule has 0 bridgehead atoms. The predicted molar refractivity (Wildman–Crippen MR) is 143 cm³/mol. The Morgan fingerprint density at radius 2 is 0.930 bits per heavy atom. The molecule has 12 N–H and O–H groups in total. The molecule has 0 spiro atoms. The number of aliphatic hydroxyl groups excluding tert-OH is 6. The van der Waals surface area contributed by atoms with Crippen LogP contribution < -0.4 is 10.6 Å². The summed E-state index contributed by atoms with van der Waals surface area (Å²) in [6, 6.07) is 3.26. The number of phenols is 4. The van der Waals surface area contributed by atoms with Crippen LogP contribution in [0.5, 0.6) is 23.0 Å². The predicted octanol–water partition coefficient (Wildman–Crippen LogP) is -4.01. The van der Waals surface area contributed by atoms with Crippen LogP contribution in [0.3, 0.4) is 0 Å². The van der Waals surface area contributed by atoms with Crippen molar-refractivity contribution in [2.45, 2.75) is 58.7 Å². The Morgan fingerprint density at radius 1 is 0.605 bits per heavy atom. The summed E-state index contributed by atoms with van der Waals surface area (Å²) in [6.07, 6.45) is -9.15. The van der Waals surface area contributed by atoms with E-state index < -0.39 is 122 Å². The Morgan fingerprint density at radius 3 is 1.23 bits per heavy atom. The number of carbonyl (C=O) groups is 2. The molecular formula is C26H32N2O14Se. The van der Waals surface area contributed by atoms with Crippen LogP contribution in [-0.4, -0.2) is 150 Å². The van der Waals surface area contributed by atoms with Crippen molar-refractivity contribution in [3.63, 3.8) is 0 Å². The first kappa shape index (κ1) is 32.7. The van der Waals surface area contributed by atoms with E-state index in [1.165, 1.54) is 0 Å². The normalized spacial score (nSPS) is 32.6. The monoisotopic (exact) mass is 676 g/mol. The SMILES string of the molecule is O=C(N[C@H]1[C@@H](O)[C@@H](CO)O[C@@H]([Se][C@@H]2O[C@H](CO)[C@H](O)[C@H](NC(=O)c3cc(O)cc(O)c3)[C@H]2O)[C@@H]1O)c1cc(O)cc(O)c1. The zero-order valence-electron chi connectivity index (χ0n) is 22.2. The molecule has 2 aromatic carbocycles. The molecule has 2 aliphatic rings. The Kier molecular flexibility index (Phi) is 10.3. The fourth-order valence-electron chi connectivity index (χ4n) is 4.79. The molecule has 2 amide bonds.